The van der Waals surface area contributed by atoms with Gasteiger partial charge in [0.05, 0.1) is 0 Å². The van der Waals surface area contributed by atoms with Crippen LogP contribution in [0.2, 0.25) is 0 Å². The van der Waals surface area contributed by atoms with Crippen LogP contribution in [0.3, 0.4) is 0 Å². The van der Waals surface area contributed by atoms with Crippen molar-refractivity contribution in [3.63, 3.8) is 0 Å². The third-order valence-corrected chi connectivity index (χ3v) is 4.72. The van der Waals surface area contributed by atoms with Crippen molar-refractivity contribution in [1.82, 2.24) is 19.1 Å². The van der Waals surface area contributed by atoms with Crippen molar-refractivity contribution in [2.75, 3.05) is 12.8 Å². The maximum atomic E-state index is 12.5. The van der Waals surface area contributed by atoms with Crippen molar-refractivity contribution in [3.05, 3.63) is 36.3 Å². The summed E-state index contributed by atoms with van der Waals surface area (Å²) < 4.78 is 27.7. The molecule has 8 heteroatoms. The van der Waals surface area contributed by atoms with E-state index in [0.29, 0.717) is 6.54 Å². The van der Waals surface area contributed by atoms with Crippen molar-refractivity contribution < 1.29 is 8.42 Å². The highest BCUT2D eigenvalue weighted by atomic mass is 32.2. The van der Waals surface area contributed by atoms with Gasteiger partial charge in [-0.15, -0.1) is 0 Å². The second kappa shape index (κ2) is 5.59. The lowest BCUT2D eigenvalue weighted by Crippen LogP contribution is -2.26. The second-order valence-corrected chi connectivity index (χ2v) is 6.37. The minimum absolute atomic E-state index is 0.0184. The van der Waals surface area contributed by atoms with Gasteiger partial charge >= 0.3 is 0 Å². The van der Waals surface area contributed by atoms with Gasteiger partial charge in [-0.2, -0.15) is 9.40 Å². The topological polar surface area (TPSA) is 94.1 Å². The van der Waals surface area contributed by atoms with Crippen LogP contribution in [0, 0.1) is 0 Å². The Morgan fingerprint density at radius 2 is 2.20 bits per heavy atom. The first-order valence-corrected chi connectivity index (χ1v) is 7.57. The molecule has 0 aliphatic rings. The number of pyridine rings is 1. The highest BCUT2D eigenvalue weighted by Gasteiger charge is 2.26. The average molecular weight is 295 g/mol. The molecule has 0 aromatic carbocycles. The minimum Gasteiger partial charge on any atom is -0.381 e. The number of rotatable bonds is 5. The standard InChI is InChI=1S/C12H17N5O2S/c1-3-17-9-11(12(13)15-17)20(18,19)16(2)8-10-5-4-6-14-7-10/h4-7,9H,3,8H2,1-2H3,(H2,13,15). The molecule has 2 rings (SSSR count). The van der Waals surface area contributed by atoms with Crippen molar-refractivity contribution in [1.29, 1.82) is 0 Å². The number of hydrogen-bond donors (Lipinski definition) is 1. The number of anilines is 1. The zero-order valence-corrected chi connectivity index (χ0v) is 12.2. The van der Waals surface area contributed by atoms with E-state index < -0.39 is 10.0 Å². The summed E-state index contributed by atoms with van der Waals surface area (Å²) in [7, 11) is -2.15. The van der Waals surface area contributed by atoms with E-state index in [1.54, 1.807) is 18.5 Å². The summed E-state index contributed by atoms with van der Waals surface area (Å²) in [6.45, 7) is 2.65. The monoisotopic (exact) mass is 295 g/mol. The van der Waals surface area contributed by atoms with Crippen LogP contribution < -0.4 is 5.73 Å². The van der Waals surface area contributed by atoms with Crippen molar-refractivity contribution >= 4 is 15.8 Å². The number of aromatic nitrogens is 3. The molecule has 0 radical (unpaired) electrons. The molecule has 0 amide bonds. The molecule has 0 saturated heterocycles. The van der Waals surface area contributed by atoms with Crippen LogP contribution >= 0.6 is 0 Å². The molecule has 0 unspecified atom stereocenters. The van der Waals surface area contributed by atoms with Crippen LogP contribution in [-0.2, 0) is 23.1 Å². The molecule has 0 aliphatic carbocycles. The molecule has 0 atom stereocenters. The number of aryl methyl sites for hydroxylation is 1. The van der Waals surface area contributed by atoms with Gasteiger partial charge in [-0.1, -0.05) is 6.07 Å². The van der Waals surface area contributed by atoms with Gasteiger partial charge in [0.25, 0.3) is 0 Å². The number of hydrogen-bond acceptors (Lipinski definition) is 5. The maximum absolute atomic E-state index is 12.5. The molecule has 0 fully saturated rings. The molecule has 2 heterocycles. The molecule has 108 valence electrons. The van der Waals surface area contributed by atoms with E-state index in [4.69, 9.17) is 5.73 Å². The van der Waals surface area contributed by atoms with Gasteiger partial charge in [-0.05, 0) is 18.6 Å². The van der Waals surface area contributed by atoms with Gasteiger partial charge in [-0.3, -0.25) is 9.67 Å². The van der Waals surface area contributed by atoms with Crippen LogP contribution in [0.25, 0.3) is 0 Å². The molecule has 0 bridgehead atoms. The normalized spacial score (nSPS) is 11.9. The highest BCUT2D eigenvalue weighted by molar-refractivity contribution is 7.89. The number of nitrogens with zero attached hydrogens (tertiary/aromatic N) is 4. The van der Waals surface area contributed by atoms with Gasteiger partial charge in [0.1, 0.15) is 4.90 Å². The van der Waals surface area contributed by atoms with E-state index in [1.807, 2.05) is 13.0 Å². The molecule has 0 spiro atoms. The Hall–Kier alpha value is -1.93. The first kappa shape index (κ1) is 14.5. The van der Waals surface area contributed by atoms with Gasteiger partial charge < -0.3 is 5.73 Å². The molecule has 7 nitrogen and oxygen atoms in total. The zero-order valence-electron chi connectivity index (χ0n) is 11.4. The van der Waals surface area contributed by atoms with E-state index in [-0.39, 0.29) is 17.3 Å². The molecule has 2 aromatic rings. The Morgan fingerprint density at radius 3 is 2.75 bits per heavy atom. The van der Waals surface area contributed by atoms with Crippen LogP contribution in [0.5, 0.6) is 0 Å². The molecule has 2 aromatic heterocycles. The van der Waals surface area contributed by atoms with E-state index >= 15 is 0 Å². The fraction of sp³-hybridized carbons (Fsp3) is 0.333. The Balaban J connectivity index is 2.27. The lowest BCUT2D eigenvalue weighted by atomic mass is 10.3. The number of nitrogens with two attached hydrogens (primary N) is 1. The van der Waals surface area contributed by atoms with E-state index in [0.717, 1.165) is 5.56 Å². The van der Waals surface area contributed by atoms with Gasteiger partial charge in [-0.25, -0.2) is 8.42 Å². The van der Waals surface area contributed by atoms with Gasteiger partial charge in [0.15, 0.2) is 5.82 Å². The summed E-state index contributed by atoms with van der Waals surface area (Å²) in [5.74, 6) is 0.0184. The van der Waals surface area contributed by atoms with Crippen molar-refractivity contribution in [3.8, 4) is 0 Å². The van der Waals surface area contributed by atoms with E-state index in [9.17, 15) is 8.42 Å². The van der Waals surface area contributed by atoms with Crippen LogP contribution in [0.1, 0.15) is 12.5 Å². The van der Waals surface area contributed by atoms with Crippen molar-refractivity contribution in [2.45, 2.75) is 24.9 Å². The van der Waals surface area contributed by atoms with Crippen LogP contribution in [0.4, 0.5) is 5.82 Å². The summed E-state index contributed by atoms with van der Waals surface area (Å²) in [5, 5.41) is 3.96. The molecular formula is C12H17N5O2S. The second-order valence-electron chi connectivity index (χ2n) is 4.36. The summed E-state index contributed by atoms with van der Waals surface area (Å²) in [6, 6.07) is 3.58. The van der Waals surface area contributed by atoms with Crippen LogP contribution in [-0.4, -0.2) is 34.5 Å². The predicted molar refractivity (Wildman–Crippen MR) is 75.2 cm³/mol. The lowest BCUT2D eigenvalue weighted by Gasteiger charge is -2.16. The fourth-order valence-corrected chi connectivity index (χ4v) is 3.00. The molecular weight excluding hydrogens is 278 g/mol. The summed E-state index contributed by atoms with van der Waals surface area (Å²) in [6.07, 6.45) is 4.72. The summed E-state index contributed by atoms with van der Waals surface area (Å²) in [4.78, 5) is 4.00. The maximum Gasteiger partial charge on any atom is 0.248 e. The zero-order chi connectivity index (χ0) is 14.8. The summed E-state index contributed by atoms with van der Waals surface area (Å²) >= 11 is 0. The Morgan fingerprint density at radius 1 is 1.45 bits per heavy atom. The van der Waals surface area contributed by atoms with Gasteiger partial charge in [0, 0.05) is 38.7 Å². The minimum atomic E-state index is -3.66. The summed E-state index contributed by atoms with van der Waals surface area (Å²) in [5.41, 5.74) is 6.49. The largest absolute Gasteiger partial charge is 0.381 e. The molecule has 0 saturated carbocycles. The van der Waals surface area contributed by atoms with E-state index in [2.05, 4.69) is 10.1 Å². The number of sulfonamides is 1. The average Bonchev–Trinajstić information content (AvgIpc) is 2.82. The van der Waals surface area contributed by atoms with Crippen LogP contribution in [0.15, 0.2) is 35.6 Å². The Labute approximate surface area is 118 Å². The Kier molecular flexibility index (Phi) is 4.05. The first-order valence-electron chi connectivity index (χ1n) is 6.13. The molecule has 0 aliphatic heterocycles. The third kappa shape index (κ3) is 2.81. The predicted octanol–water partition coefficient (Wildman–Crippen LogP) is 0.701. The molecule has 2 N–H and O–H groups in total. The lowest BCUT2D eigenvalue weighted by molar-refractivity contribution is 0.466. The SMILES string of the molecule is CCn1cc(S(=O)(=O)N(C)Cc2cccnc2)c(N)n1. The Bertz CT molecular complexity index is 681. The number of nitrogen functional groups attached to an aromatic ring is 1. The highest BCUT2D eigenvalue weighted by Crippen LogP contribution is 2.21. The first-order chi connectivity index (χ1) is 9.45. The van der Waals surface area contributed by atoms with E-state index in [1.165, 1.54) is 22.2 Å². The quantitative estimate of drug-likeness (QED) is 0.876. The fourth-order valence-electron chi connectivity index (χ4n) is 1.78. The van der Waals surface area contributed by atoms with Gasteiger partial charge in [0.2, 0.25) is 10.0 Å². The van der Waals surface area contributed by atoms with Crippen molar-refractivity contribution in [2.24, 2.45) is 0 Å². The third-order valence-electron chi connectivity index (χ3n) is 2.90. The smallest absolute Gasteiger partial charge is 0.248 e. The molecule has 20 heavy (non-hydrogen) atoms.